The van der Waals surface area contributed by atoms with Crippen molar-refractivity contribution in [1.82, 2.24) is 10.0 Å². The van der Waals surface area contributed by atoms with Gasteiger partial charge in [-0.05, 0) is 61.5 Å². The molecule has 0 unspecified atom stereocenters. The molecule has 0 radical (unpaired) electrons. The van der Waals surface area contributed by atoms with Gasteiger partial charge in [0.15, 0.2) is 5.11 Å². The quantitative estimate of drug-likeness (QED) is 0.646. The summed E-state index contributed by atoms with van der Waals surface area (Å²) < 4.78 is 26.9. The third kappa shape index (κ3) is 5.53. The molecule has 3 N–H and O–H groups in total. The molecular formula is C20H23N3O3S2. The molecule has 148 valence electrons. The summed E-state index contributed by atoms with van der Waals surface area (Å²) in [7, 11) is -3.95. The molecule has 0 atom stereocenters. The first-order chi connectivity index (χ1) is 13.4. The predicted octanol–water partition coefficient (Wildman–Crippen LogP) is 3.42. The second kappa shape index (κ2) is 9.16. The number of hydrogen-bond acceptors (Lipinski definition) is 4. The third-order valence-corrected chi connectivity index (χ3v) is 6.19. The van der Waals surface area contributed by atoms with Gasteiger partial charge in [0.2, 0.25) is 0 Å². The van der Waals surface area contributed by atoms with Crippen molar-refractivity contribution in [2.24, 2.45) is 0 Å². The highest BCUT2D eigenvalue weighted by molar-refractivity contribution is 7.90. The van der Waals surface area contributed by atoms with Gasteiger partial charge in [0.1, 0.15) is 0 Å². The number of amides is 1. The summed E-state index contributed by atoms with van der Waals surface area (Å²) in [5.41, 5.74) is 0.963. The molecule has 3 rings (SSSR count). The van der Waals surface area contributed by atoms with Crippen LogP contribution in [0.4, 0.5) is 5.69 Å². The summed E-state index contributed by atoms with van der Waals surface area (Å²) in [6, 6.07) is 14.7. The van der Waals surface area contributed by atoms with E-state index in [2.05, 4.69) is 15.4 Å². The zero-order chi connectivity index (χ0) is 20.0. The van der Waals surface area contributed by atoms with Gasteiger partial charge in [0.25, 0.3) is 15.9 Å². The first kappa shape index (κ1) is 20.3. The van der Waals surface area contributed by atoms with Gasteiger partial charge in [-0.1, -0.05) is 37.5 Å². The molecule has 0 saturated heterocycles. The van der Waals surface area contributed by atoms with Gasteiger partial charge in [0, 0.05) is 17.3 Å². The minimum atomic E-state index is -3.95. The fraction of sp³-hybridized carbons (Fsp3) is 0.300. The minimum absolute atomic E-state index is 0.00786. The van der Waals surface area contributed by atoms with E-state index in [0.717, 1.165) is 12.8 Å². The van der Waals surface area contributed by atoms with Crippen LogP contribution in [0.15, 0.2) is 59.5 Å². The molecule has 2 aromatic carbocycles. The number of benzene rings is 2. The van der Waals surface area contributed by atoms with Crippen molar-refractivity contribution in [2.75, 3.05) is 5.32 Å². The maximum absolute atomic E-state index is 12.4. The van der Waals surface area contributed by atoms with E-state index in [4.69, 9.17) is 12.2 Å². The molecule has 0 bridgehead atoms. The zero-order valence-corrected chi connectivity index (χ0v) is 17.0. The Balaban J connectivity index is 1.59. The Morgan fingerprint density at radius 3 is 2.21 bits per heavy atom. The summed E-state index contributed by atoms with van der Waals surface area (Å²) >= 11 is 5.34. The topological polar surface area (TPSA) is 87.3 Å². The number of carbonyl (C=O) groups is 1. The summed E-state index contributed by atoms with van der Waals surface area (Å²) in [5.74, 6) is -0.666. The highest BCUT2D eigenvalue weighted by Gasteiger charge is 2.19. The molecule has 8 heteroatoms. The Labute approximate surface area is 170 Å². The molecule has 2 aromatic rings. The largest absolute Gasteiger partial charge is 0.360 e. The van der Waals surface area contributed by atoms with Crippen molar-refractivity contribution in [1.29, 1.82) is 0 Å². The van der Waals surface area contributed by atoms with Gasteiger partial charge in [-0.2, -0.15) is 0 Å². The average molecular weight is 418 g/mol. The maximum Gasteiger partial charge on any atom is 0.264 e. The Morgan fingerprint density at radius 2 is 1.57 bits per heavy atom. The van der Waals surface area contributed by atoms with E-state index in [-0.39, 0.29) is 10.5 Å². The van der Waals surface area contributed by atoms with E-state index < -0.39 is 15.9 Å². The van der Waals surface area contributed by atoms with Gasteiger partial charge < -0.3 is 10.6 Å². The monoisotopic (exact) mass is 417 g/mol. The molecule has 6 nitrogen and oxygen atoms in total. The number of hydrogen-bond donors (Lipinski definition) is 3. The normalized spacial score (nSPS) is 14.9. The molecule has 1 amide bonds. The Hall–Kier alpha value is -2.45. The molecule has 0 aromatic heterocycles. The molecular weight excluding hydrogens is 394 g/mol. The smallest absolute Gasteiger partial charge is 0.264 e. The van der Waals surface area contributed by atoms with Gasteiger partial charge in [0.05, 0.1) is 4.90 Å². The number of carbonyl (C=O) groups excluding carboxylic acids is 1. The molecule has 28 heavy (non-hydrogen) atoms. The lowest BCUT2D eigenvalue weighted by Gasteiger charge is -2.24. The van der Waals surface area contributed by atoms with E-state index in [1.54, 1.807) is 42.5 Å². The van der Waals surface area contributed by atoms with Crippen LogP contribution < -0.4 is 15.4 Å². The van der Waals surface area contributed by atoms with E-state index in [1.165, 1.54) is 31.4 Å². The van der Waals surface area contributed by atoms with E-state index in [9.17, 15) is 13.2 Å². The standard InChI is InChI=1S/C20H23N3O3S2/c24-19(15-7-3-1-4-8-15)23-28(25,26)18-13-11-17(12-14-18)22-20(27)21-16-9-5-2-6-10-16/h1,3-4,7-8,11-14,16H,2,5-6,9-10H2,(H,23,24)(H2,21,22,27). The van der Waals surface area contributed by atoms with Crippen molar-refractivity contribution in [3.63, 3.8) is 0 Å². The predicted molar refractivity (Wildman–Crippen MR) is 114 cm³/mol. The van der Waals surface area contributed by atoms with Crippen LogP contribution in [-0.4, -0.2) is 25.5 Å². The molecule has 0 heterocycles. The molecule has 0 aliphatic heterocycles. The van der Waals surface area contributed by atoms with Crippen LogP contribution in [0.1, 0.15) is 42.5 Å². The van der Waals surface area contributed by atoms with Crippen LogP contribution in [-0.2, 0) is 10.0 Å². The molecule has 1 aliphatic rings. The van der Waals surface area contributed by atoms with Crippen LogP contribution >= 0.6 is 12.2 Å². The second-order valence-electron chi connectivity index (χ2n) is 6.76. The van der Waals surface area contributed by atoms with Crippen molar-refractivity contribution in [2.45, 2.75) is 43.0 Å². The van der Waals surface area contributed by atoms with Crippen LogP contribution in [0.2, 0.25) is 0 Å². The third-order valence-electron chi connectivity index (χ3n) is 4.63. The molecule has 1 saturated carbocycles. The summed E-state index contributed by atoms with van der Waals surface area (Å²) in [6.45, 7) is 0. The number of thiocarbonyl (C=S) groups is 1. The molecule has 1 aliphatic carbocycles. The highest BCUT2D eigenvalue weighted by atomic mass is 32.2. The van der Waals surface area contributed by atoms with Crippen molar-refractivity contribution in [3.05, 3.63) is 60.2 Å². The Kier molecular flexibility index (Phi) is 6.64. The Bertz CT molecular complexity index is 923. The van der Waals surface area contributed by atoms with Crippen molar-refractivity contribution < 1.29 is 13.2 Å². The van der Waals surface area contributed by atoms with Crippen LogP contribution in [0.5, 0.6) is 0 Å². The molecule has 1 fully saturated rings. The van der Waals surface area contributed by atoms with Crippen LogP contribution in [0.3, 0.4) is 0 Å². The first-order valence-corrected chi connectivity index (χ1v) is 11.1. The number of nitrogens with one attached hydrogen (secondary N) is 3. The Morgan fingerprint density at radius 1 is 0.929 bits per heavy atom. The van der Waals surface area contributed by atoms with Gasteiger partial charge in [-0.15, -0.1) is 0 Å². The van der Waals surface area contributed by atoms with E-state index >= 15 is 0 Å². The summed E-state index contributed by atoms with van der Waals surface area (Å²) in [4.78, 5) is 12.1. The fourth-order valence-corrected chi connectivity index (χ4v) is 4.41. The summed E-state index contributed by atoms with van der Waals surface area (Å²) in [5, 5.41) is 6.90. The zero-order valence-electron chi connectivity index (χ0n) is 15.4. The SMILES string of the molecule is O=C(NS(=O)(=O)c1ccc(NC(=S)NC2CCCCC2)cc1)c1ccccc1. The van der Waals surface area contributed by atoms with Gasteiger partial charge >= 0.3 is 0 Å². The lowest BCUT2D eigenvalue weighted by atomic mass is 9.96. The van der Waals surface area contributed by atoms with Gasteiger partial charge in [-0.3, -0.25) is 4.79 Å². The van der Waals surface area contributed by atoms with E-state index in [0.29, 0.717) is 16.8 Å². The lowest BCUT2D eigenvalue weighted by molar-refractivity contribution is 0.0981. The van der Waals surface area contributed by atoms with Gasteiger partial charge in [-0.25, -0.2) is 13.1 Å². The lowest BCUT2D eigenvalue weighted by Crippen LogP contribution is -2.38. The van der Waals surface area contributed by atoms with Crippen LogP contribution in [0.25, 0.3) is 0 Å². The van der Waals surface area contributed by atoms with Crippen LogP contribution in [0, 0.1) is 0 Å². The van der Waals surface area contributed by atoms with Crippen molar-refractivity contribution >= 4 is 38.9 Å². The number of sulfonamides is 1. The maximum atomic E-state index is 12.4. The van der Waals surface area contributed by atoms with E-state index in [1.807, 2.05) is 0 Å². The number of anilines is 1. The number of rotatable bonds is 5. The minimum Gasteiger partial charge on any atom is -0.360 e. The highest BCUT2D eigenvalue weighted by Crippen LogP contribution is 2.18. The first-order valence-electron chi connectivity index (χ1n) is 9.24. The summed E-state index contributed by atoms with van der Waals surface area (Å²) in [6.07, 6.45) is 5.92. The average Bonchev–Trinajstić information content (AvgIpc) is 2.69. The van der Waals surface area contributed by atoms with Crippen molar-refractivity contribution in [3.8, 4) is 0 Å². The second-order valence-corrected chi connectivity index (χ2v) is 8.85. The molecule has 0 spiro atoms. The fourth-order valence-electron chi connectivity index (χ4n) is 3.15.